The molecule has 2 N–H and O–H groups in total. The molecule has 0 saturated heterocycles. The summed E-state index contributed by atoms with van der Waals surface area (Å²) in [6.45, 7) is 9.30. The number of thiazole rings is 1. The Bertz CT molecular complexity index is 712. The summed E-state index contributed by atoms with van der Waals surface area (Å²) in [5.74, 6) is 0. The first-order chi connectivity index (χ1) is 9.83. The van der Waals surface area contributed by atoms with Gasteiger partial charge in [0.25, 0.3) is 10.0 Å². The second-order valence-electron chi connectivity index (χ2n) is 4.72. The minimum Gasteiger partial charge on any atom is -0.312 e. The van der Waals surface area contributed by atoms with Gasteiger partial charge in [-0.05, 0) is 38.9 Å². The van der Waals surface area contributed by atoms with E-state index in [1.807, 2.05) is 27.7 Å². The SMILES string of the molecule is CCNCc1sc(S(=O)(=O)Nc2nc(C)c(C)s2)cc1C. The van der Waals surface area contributed by atoms with E-state index in [9.17, 15) is 8.42 Å². The van der Waals surface area contributed by atoms with Gasteiger partial charge in [-0.15, -0.1) is 22.7 Å². The van der Waals surface area contributed by atoms with E-state index in [4.69, 9.17) is 0 Å². The van der Waals surface area contributed by atoms with E-state index in [1.165, 1.54) is 22.7 Å². The van der Waals surface area contributed by atoms with Crippen molar-refractivity contribution in [3.8, 4) is 0 Å². The molecule has 2 rings (SSSR count). The third-order valence-electron chi connectivity index (χ3n) is 3.05. The van der Waals surface area contributed by atoms with Gasteiger partial charge in [-0.1, -0.05) is 6.92 Å². The molecular weight excluding hydrogens is 326 g/mol. The summed E-state index contributed by atoms with van der Waals surface area (Å²) >= 11 is 2.65. The molecule has 0 fully saturated rings. The lowest BCUT2D eigenvalue weighted by Gasteiger charge is -2.02. The monoisotopic (exact) mass is 345 g/mol. The molecule has 5 nitrogen and oxygen atoms in total. The molecule has 0 atom stereocenters. The Morgan fingerprint density at radius 1 is 1.24 bits per heavy atom. The third kappa shape index (κ3) is 3.82. The van der Waals surface area contributed by atoms with E-state index in [0.717, 1.165) is 27.6 Å². The van der Waals surface area contributed by atoms with Crippen LogP contribution >= 0.6 is 22.7 Å². The molecular formula is C13H19N3O2S3. The van der Waals surface area contributed by atoms with E-state index in [1.54, 1.807) is 6.07 Å². The number of sulfonamides is 1. The maximum Gasteiger partial charge on any atom is 0.273 e. The Morgan fingerprint density at radius 3 is 2.52 bits per heavy atom. The van der Waals surface area contributed by atoms with Gasteiger partial charge >= 0.3 is 0 Å². The van der Waals surface area contributed by atoms with Gasteiger partial charge in [0.05, 0.1) is 5.69 Å². The molecule has 2 heterocycles. The summed E-state index contributed by atoms with van der Waals surface area (Å²) in [6, 6.07) is 1.72. The second kappa shape index (κ2) is 6.43. The standard InChI is InChI=1S/C13H19N3O2S3/c1-5-14-7-11-8(2)6-12(20-11)21(17,18)16-13-15-9(3)10(4)19-13/h6,14H,5,7H2,1-4H3,(H,15,16). The van der Waals surface area contributed by atoms with Crippen molar-refractivity contribution < 1.29 is 8.42 Å². The fourth-order valence-corrected chi connectivity index (χ4v) is 5.32. The molecule has 8 heteroatoms. The topological polar surface area (TPSA) is 71.1 Å². The van der Waals surface area contributed by atoms with Crippen LogP contribution in [0.3, 0.4) is 0 Å². The maximum absolute atomic E-state index is 12.4. The van der Waals surface area contributed by atoms with E-state index < -0.39 is 10.0 Å². The number of anilines is 1. The van der Waals surface area contributed by atoms with Crippen LogP contribution in [0.4, 0.5) is 5.13 Å². The third-order valence-corrected chi connectivity index (χ3v) is 7.22. The smallest absolute Gasteiger partial charge is 0.273 e. The van der Waals surface area contributed by atoms with Gasteiger partial charge < -0.3 is 5.32 Å². The average molecular weight is 346 g/mol. The number of nitrogens with one attached hydrogen (secondary N) is 2. The van der Waals surface area contributed by atoms with Crippen LogP contribution in [-0.2, 0) is 16.6 Å². The van der Waals surface area contributed by atoms with Crippen molar-refractivity contribution in [1.29, 1.82) is 0 Å². The second-order valence-corrected chi connectivity index (χ2v) is 8.97. The highest BCUT2D eigenvalue weighted by atomic mass is 32.2. The fraction of sp³-hybridized carbons (Fsp3) is 0.462. The predicted octanol–water partition coefficient (Wildman–Crippen LogP) is 3.04. The molecule has 0 aliphatic heterocycles. The molecule has 0 aliphatic rings. The largest absolute Gasteiger partial charge is 0.312 e. The first kappa shape index (κ1) is 16.4. The Hall–Kier alpha value is -0.960. The Balaban J connectivity index is 2.23. The van der Waals surface area contributed by atoms with Gasteiger partial charge in [-0.2, -0.15) is 0 Å². The lowest BCUT2D eigenvalue weighted by molar-refractivity contribution is 0.603. The van der Waals surface area contributed by atoms with Gasteiger partial charge in [-0.25, -0.2) is 13.4 Å². The van der Waals surface area contributed by atoms with Crippen molar-refractivity contribution in [3.63, 3.8) is 0 Å². The van der Waals surface area contributed by atoms with Crippen molar-refractivity contribution in [3.05, 3.63) is 27.1 Å². The number of rotatable bonds is 6. The first-order valence-electron chi connectivity index (χ1n) is 6.60. The van der Waals surface area contributed by atoms with Crippen LogP contribution in [0.15, 0.2) is 10.3 Å². The molecule has 0 bridgehead atoms. The van der Waals surface area contributed by atoms with Crippen molar-refractivity contribution in [2.45, 2.75) is 38.4 Å². The summed E-state index contributed by atoms with van der Waals surface area (Å²) in [6.07, 6.45) is 0. The number of nitrogens with zero attached hydrogens (tertiary/aromatic N) is 1. The van der Waals surface area contributed by atoms with Crippen LogP contribution in [0.5, 0.6) is 0 Å². The van der Waals surface area contributed by atoms with E-state index in [0.29, 0.717) is 15.9 Å². The van der Waals surface area contributed by atoms with Crippen LogP contribution < -0.4 is 10.0 Å². The molecule has 0 spiro atoms. The maximum atomic E-state index is 12.4. The molecule has 2 aromatic rings. The lowest BCUT2D eigenvalue weighted by Crippen LogP contribution is -2.11. The van der Waals surface area contributed by atoms with Gasteiger partial charge in [0, 0.05) is 16.3 Å². The Labute approximate surface area is 133 Å². The zero-order valence-corrected chi connectivity index (χ0v) is 14.9. The van der Waals surface area contributed by atoms with Gasteiger partial charge in [0.15, 0.2) is 5.13 Å². The highest BCUT2D eigenvalue weighted by molar-refractivity contribution is 7.94. The fourth-order valence-electron chi connectivity index (χ4n) is 1.72. The average Bonchev–Trinajstić information content (AvgIpc) is 2.91. The number of aromatic nitrogens is 1. The van der Waals surface area contributed by atoms with E-state index in [2.05, 4.69) is 15.0 Å². The van der Waals surface area contributed by atoms with Crippen LogP contribution in [0.1, 0.15) is 27.9 Å². The van der Waals surface area contributed by atoms with Crippen LogP contribution in [0, 0.1) is 20.8 Å². The highest BCUT2D eigenvalue weighted by Gasteiger charge is 2.20. The number of thiophene rings is 1. The molecule has 0 unspecified atom stereocenters. The van der Waals surface area contributed by atoms with Gasteiger partial charge in [0.1, 0.15) is 4.21 Å². The molecule has 0 aliphatic carbocycles. The summed E-state index contributed by atoms with van der Waals surface area (Å²) in [4.78, 5) is 6.28. The summed E-state index contributed by atoms with van der Waals surface area (Å²) in [5.41, 5.74) is 1.85. The zero-order valence-electron chi connectivity index (χ0n) is 12.5. The summed E-state index contributed by atoms with van der Waals surface area (Å²) < 4.78 is 27.7. The van der Waals surface area contributed by atoms with Crippen LogP contribution in [0.2, 0.25) is 0 Å². The molecule has 21 heavy (non-hydrogen) atoms. The first-order valence-corrected chi connectivity index (χ1v) is 9.72. The summed E-state index contributed by atoms with van der Waals surface area (Å²) in [7, 11) is -3.55. The number of hydrogen-bond acceptors (Lipinski definition) is 6. The quantitative estimate of drug-likeness (QED) is 0.844. The summed E-state index contributed by atoms with van der Waals surface area (Å²) in [5, 5.41) is 3.64. The molecule has 0 saturated carbocycles. The zero-order chi connectivity index (χ0) is 15.6. The van der Waals surface area contributed by atoms with Gasteiger partial charge in [0.2, 0.25) is 0 Å². The minimum atomic E-state index is -3.55. The van der Waals surface area contributed by atoms with Crippen LogP contribution in [-0.4, -0.2) is 19.9 Å². The van der Waals surface area contributed by atoms with Crippen molar-refractivity contribution >= 4 is 37.8 Å². The molecule has 2 aromatic heterocycles. The Morgan fingerprint density at radius 2 is 1.95 bits per heavy atom. The normalized spacial score (nSPS) is 11.8. The Kier molecular flexibility index (Phi) is 5.03. The van der Waals surface area contributed by atoms with Gasteiger partial charge in [-0.3, -0.25) is 4.72 Å². The minimum absolute atomic E-state index is 0.332. The van der Waals surface area contributed by atoms with Crippen molar-refractivity contribution in [1.82, 2.24) is 10.3 Å². The lowest BCUT2D eigenvalue weighted by atomic mass is 10.3. The van der Waals surface area contributed by atoms with Crippen LogP contribution in [0.25, 0.3) is 0 Å². The molecule has 0 aromatic carbocycles. The van der Waals surface area contributed by atoms with E-state index >= 15 is 0 Å². The van der Waals surface area contributed by atoms with E-state index in [-0.39, 0.29) is 0 Å². The number of aryl methyl sites for hydroxylation is 3. The number of hydrogen-bond donors (Lipinski definition) is 2. The van der Waals surface area contributed by atoms with Crippen molar-refractivity contribution in [2.24, 2.45) is 0 Å². The predicted molar refractivity (Wildman–Crippen MR) is 88.8 cm³/mol. The van der Waals surface area contributed by atoms with Crippen molar-refractivity contribution in [2.75, 3.05) is 11.3 Å². The molecule has 116 valence electrons. The molecule has 0 radical (unpaired) electrons. The molecule has 0 amide bonds. The highest BCUT2D eigenvalue weighted by Crippen LogP contribution is 2.29.